The van der Waals surface area contributed by atoms with E-state index in [0.29, 0.717) is 11.4 Å². The number of rotatable bonds is 3. The molecule has 2 rings (SSSR count). The summed E-state index contributed by atoms with van der Waals surface area (Å²) in [6.45, 7) is -0.461. The van der Waals surface area contributed by atoms with Crippen LogP contribution in [0.4, 0.5) is 5.69 Å². The third-order valence-electron chi connectivity index (χ3n) is 2.19. The van der Waals surface area contributed by atoms with Crippen LogP contribution in [0, 0.1) is 0 Å². The average molecular weight is 266 g/mol. The molecule has 0 aromatic heterocycles. The second kappa shape index (κ2) is 5.09. The van der Waals surface area contributed by atoms with Crippen LogP contribution < -0.4 is 11.1 Å². The first kappa shape index (κ1) is 12.4. The maximum absolute atomic E-state index is 11.6. The summed E-state index contributed by atoms with van der Waals surface area (Å²) in [7, 11) is 0. The zero-order valence-corrected chi connectivity index (χ0v) is 10.1. The number of nitrogens with two attached hydrogens (primary N) is 1. The molecule has 0 aliphatic carbocycles. The largest absolute Gasteiger partial charge is 0.452 e. The predicted octanol–water partition coefficient (Wildman–Crippen LogP) is 0.373. The number of carbonyl (C=O) groups excluding carboxylic acids is 3. The van der Waals surface area contributed by atoms with E-state index in [0.717, 1.165) is 4.90 Å². The fourth-order valence-corrected chi connectivity index (χ4v) is 2.22. The molecule has 6 nitrogen and oxygen atoms in total. The minimum absolute atomic E-state index is 0.116. The van der Waals surface area contributed by atoms with Gasteiger partial charge in [-0.3, -0.25) is 9.59 Å². The Kier molecular flexibility index (Phi) is 3.52. The highest BCUT2D eigenvalue weighted by Gasteiger charge is 2.18. The third-order valence-corrected chi connectivity index (χ3v) is 3.27. The van der Waals surface area contributed by atoms with Crippen molar-refractivity contribution in [2.24, 2.45) is 5.73 Å². The number of anilines is 1. The number of hydrogen-bond donors (Lipinski definition) is 2. The van der Waals surface area contributed by atoms with Crippen LogP contribution in [0.3, 0.4) is 0 Å². The molecule has 7 heteroatoms. The lowest BCUT2D eigenvalue weighted by atomic mass is 10.2. The van der Waals surface area contributed by atoms with Gasteiger partial charge in [0, 0.05) is 4.90 Å². The smallest absolute Gasteiger partial charge is 0.338 e. The lowest BCUT2D eigenvalue weighted by molar-refractivity contribution is -0.121. The predicted molar refractivity (Wildman–Crippen MR) is 65.3 cm³/mol. The highest BCUT2D eigenvalue weighted by Crippen LogP contribution is 2.32. The van der Waals surface area contributed by atoms with E-state index in [-0.39, 0.29) is 11.5 Å². The lowest BCUT2D eigenvalue weighted by Crippen LogP contribution is -2.22. The molecule has 1 aromatic rings. The number of benzene rings is 1. The van der Waals surface area contributed by atoms with Crippen molar-refractivity contribution < 1.29 is 19.1 Å². The van der Waals surface area contributed by atoms with Gasteiger partial charge in [-0.05, 0) is 18.2 Å². The minimum Gasteiger partial charge on any atom is -0.452 e. The molecule has 3 N–H and O–H groups in total. The Bertz CT molecular complexity index is 530. The third kappa shape index (κ3) is 2.80. The zero-order valence-electron chi connectivity index (χ0n) is 9.26. The van der Waals surface area contributed by atoms with Gasteiger partial charge in [0.2, 0.25) is 5.91 Å². The molecule has 0 spiro atoms. The molecule has 1 heterocycles. The van der Waals surface area contributed by atoms with Crippen LogP contribution in [0.25, 0.3) is 0 Å². The van der Waals surface area contributed by atoms with E-state index in [1.54, 1.807) is 12.1 Å². The molecule has 18 heavy (non-hydrogen) atoms. The van der Waals surface area contributed by atoms with Crippen molar-refractivity contribution in [2.75, 3.05) is 17.7 Å². The Labute approximate surface area is 107 Å². The number of nitrogens with one attached hydrogen (secondary N) is 1. The molecule has 0 bridgehead atoms. The molecule has 1 aromatic carbocycles. The number of ether oxygens (including phenoxy) is 1. The Balaban J connectivity index is 2.15. The molecule has 0 radical (unpaired) electrons. The molecule has 0 saturated carbocycles. The zero-order chi connectivity index (χ0) is 13.1. The van der Waals surface area contributed by atoms with Gasteiger partial charge in [-0.15, -0.1) is 11.8 Å². The summed E-state index contributed by atoms with van der Waals surface area (Å²) in [4.78, 5) is 34.2. The Morgan fingerprint density at radius 2 is 2.22 bits per heavy atom. The number of fused-ring (bicyclic) bond motifs is 1. The second-order valence-electron chi connectivity index (χ2n) is 3.59. The van der Waals surface area contributed by atoms with E-state index >= 15 is 0 Å². The normalized spacial score (nSPS) is 13.4. The van der Waals surface area contributed by atoms with Crippen molar-refractivity contribution in [3.05, 3.63) is 23.8 Å². The van der Waals surface area contributed by atoms with Gasteiger partial charge in [-0.2, -0.15) is 0 Å². The van der Waals surface area contributed by atoms with E-state index in [2.05, 4.69) is 10.1 Å². The van der Waals surface area contributed by atoms with Gasteiger partial charge in [-0.25, -0.2) is 4.79 Å². The van der Waals surface area contributed by atoms with Gasteiger partial charge >= 0.3 is 5.97 Å². The maximum atomic E-state index is 11.6. The van der Waals surface area contributed by atoms with Crippen molar-refractivity contribution in [1.29, 1.82) is 0 Å². The van der Waals surface area contributed by atoms with Crippen LogP contribution in [0.15, 0.2) is 23.1 Å². The van der Waals surface area contributed by atoms with Crippen molar-refractivity contribution >= 4 is 35.2 Å². The summed E-state index contributed by atoms with van der Waals surface area (Å²) in [5.41, 5.74) is 5.71. The highest BCUT2D eigenvalue weighted by atomic mass is 32.2. The highest BCUT2D eigenvalue weighted by molar-refractivity contribution is 8.00. The summed E-state index contributed by atoms with van der Waals surface area (Å²) in [5, 5.41) is 2.66. The van der Waals surface area contributed by atoms with Gasteiger partial charge in [-0.1, -0.05) is 0 Å². The van der Waals surface area contributed by atoms with Crippen molar-refractivity contribution in [3.63, 3.8) is 0 Å². The van der Waals surface area contributed by atoms with Crippen LogP contribution >= 0.6 is 11.8 Å². The van der Waals surface area contributed by atoms with Crippen LogP contribution in [0.1, 0.15) is 10.4 Å². The van der Waals surface area contributed by atoms with Gasteiger partial charge in [0.1, 0.15) is 0 Å². The fourth-order valence-electron chi connectivity index (χ4n) is 1.43. The van der Waals surface area contributed by atoms with Crippen molar-refractivity contribution in [2.45, 2.75) is 4.90 Å². The van der Waals surface area contributed by atoms with Crippen LogP contribution in [0.2, 0.25) is 0 Å². The molecular weight excluding hydrogens is 256 g/mol. The molecule has 94 valence electrons. The van der Waals surface area contributed by atoms with Crippen molar-refractivity contribution in [3.8, 4) is 0 Å². The van der Waals surface area contributed by atoms with E-state index in [1.165, 1.54) is 17.8 Å². The van der Waals surface area contributed by atoms with Crippen LogP contribution in [0.5, 0.6) is 0 Å². The number of esters is 1. The maximum Gasteiger partial charge on any atom is 0.338 e. The van der Waals surface area contributed by atoms with E-state index < -0.39 is 18.5 Å². The van der Waals surface area contributed by atoms with E-state index in [4.69, 9.17) is 5.73 Å². The molecule has 0 fully saturated rings. The first-order valence-corrected chi connectivity index (χ1v) is 6.07. The van der Waals surface area contributed by atoms with Gasteiger partial charge in [0.15, 0.2) is 6.61 Å². The number of hydrogen-bond acceptors (Lipinski definition) is 5. The quantitative estimate of drug-likeness (QED) is 0.770. The fraction of sp³-hybridized carbons (Fsp3) is 0.182. The summed E-state index contributed by atoms with van der Waals surface area (Å²) >= 11 is 1.40. The summed E-state index contributed by atoms with van der Waals surface area (Å²) < 4.78 is 4.67. The summed E-state index contributed by atoms with van der Waals surface area (Å²) in [6, 6.07) is 4.82. The van der Waals surface area contributed by atoms with E-state index in [9.17, 15) is 14.4 Å². The minimum atomic E-state index is -0.717. The Morgan fingerprint density at radius 1 is 1.44 bits per heavy atom. The topological polar surface area (TPSA) is 98.5 Å². The SMILES string of the molecule is NC(=O)COC(=O)c1ccc2c(c1)NC(=O)CS2. The van der Waals surface area contributed by atoms with Gasteiger partial charge in [0.05, 0.1) is 17.0 Å². The summed E-state index contributed by atoms with van der Waals surface area (Å²) in [6.07, 6.45) is 0. The second-order valence-corrected chi connectivity index (χ2v) is 4.61. The standard InChI is InChI=1S/C11H10N2O4S/c12-9(14)4-17-11(16)6-1-2-8-7(3-6)13-10(15)5-18-8/h1-3H,4-5H2,(H2,12,14)(H,13,15). The van der Waals surface area contributed by atoms with Crippen LogP contribution in [-0.2, 0) is 14.3 Å². The average Bonchev–Trinajstić information content (AvgIpc) is 2.34. The monoisotopic (exact) mass is 266 g/mol. The molecule has 1 aliphatic heterocycles. The van der Waals surface area contributed by atoms with Crippen LogP contribution in [-0.4, -0.2) is 30.1 Å². The molecular formula is C11H10N2O4S. The lowest BCUT2D eigenvalue weighted by Gasteiger charge is -2.16. The van der Waals surface area contributed by atoms with Crippen molar-refractivity contribution in [1.82, 2.24) is 0 Å². The Hall–Kier alpha value is -2.02. The number of amides is 2. The molecule has 1 aliphatic rings. The Morgan fingerprint density at radius 3 is 2.94 bits per heavy atom. The molecule has 0 saturated heterocycles. The first-order chi connectivity index (χ1) is 8.56. The van der Waals surface area contributed by atoms with E-state index in [1.807, 2.05) is 0 Å². The number of primary amides is 1. The summed E-state index contributed by atoms with van der Waals surface area (Å²) in [5.74, 6) is -1.12. The first-order valence-electron chi connectivity index (χ1n) is 5.08. The molecule has 0 atom stereocenters. The van der Waals surface area contributed by atoms with Gasteiger partial charge in [0.25, 0.3) is 5.91 Å². The molecule has 0 unspecified atom stereocenters. The van der Waals surface area contributed by atoms with Gasteiger partial charge < -0.3 is 15.8 Å². The number of thioether (sulfide) groups is 1. The molecule has 2 amide bonds. The number of carbonyl (C=O) groups is 3.